The van der Waals surface area contributed by atoms with Gasteiger partial charge in [-0.3, -0.25) is 0 Å². The highest BCUT2D eigenvalue weighted by Crippen LogP contribution is 2.41. The fourth-order valence-corrected chi connectivity index (χ4v) is 4.70. The van der Waals surface area contributed by atoms with Crippen molar-refractivity contribution in [3.05, 3.63) is 48.8 Å². The van der Waals surface area contributed by atoms with Gasteiger partial charge >= 0.3 is 0 Å². The van der Waals surface area contributed by atoms with E-state index in [2.05, 4.69) is 44.0 Å². The highest BCUT2D eigenvalue weighted by Gasteiger charge is 2.50. The van der Waals surface area contributed by atoms with Crippen LogP contribution in [0.25, 0.3) is 10.9 Å². The van der Waals surface area contributed by atoms with E-state index in [9.17, 15) is 0 Å². The molecular formula is C23H25N5O2. The Morgan fingerprint density at radius 2 is 1.73 bits per heavy atom. The van der Waals surface area contributed by atoms with Crippen LogP contribution < -0.4 is 14.5 Å². The summed E-state index contributed by atoms with van der Waals surface area (Å²) in [6, 6.07) is 12.5. The van der Waals surface area contributed by atoms with Gasteiger partial charge in [0.15, 0.2) is 5.82 Å². The molecule has 0 amide bonds. The molecule has 2 aromatic heterocycles. The van der Waals surface area contributed by atoms with Crippen molar-refractivity contribution in [3.8, 4) is 5.88 Å². The molecule has 0 radical (unpaired) electrons. The Balaban J connectivity index is 1.10. The summed E-state index contributed by atoms with van der Waals surface area (Å²) >= 11 is 0. The Hall–Kier alpha value is -2.93. The van der Waals surface area contributed by atoms with Gasteiger partial charge in [0, 0.05) is 56.8 Å². The van der Waals surface area contributed by atoms with E-state index in [-0.39, 0.29) is 6.10 Å². The topological polar surface area (TPSA) is 63.6 Å². The van der Waals surface area contributed by atoms with Crippen molar-refractivity contribution in [2.75, 3.05) is 49.2 Å². The molecule has 3 fully saturated rings. The third-order valence-corrected chi connectivity index (χ3v) is 6.44. The van der Waals surface area contributed by atoms with Gasteiger partial charge in [0.2, 0.25) is 0 Å². The highest BCUT2D eigenvalue weighted by molar-refractivity contribution is 5.80. The second-order valence-electron chi connectivity index (χ2n) is 8.70. The van der Waals surface area contributed by atoms with Gasteiger partial charge in [0.05, 0.1) is 24.1 Å². The highest BCUT2D eigenvalue weighted by atomic mass is 16.5. The molecule has 7 nitrogen and oxygen atoms in total. The van der Waals surface area contributed by atoms with Crippen LogP contribution in [0.4, 0.5) is 11.6 Å². The molecule has 3 aromatic rings. The van der Waals surface area contributed by atoms with Gasteiger partial charge in [0.1, 0.15) is 11.9 Å². The van der Waals surface area contributed by atoms with Gasteiger partial charge < -0.3 is 19.3 Å². The predicted octanol–water partition coefficient (Wildman–Crippen LogP) is 2.91. The van der Waals surface area contributed by atoms with E-state index < -0.39 is 0 Å². The van der Waals surface area contributed by atoms with Crippen LogP contribution in [0.1, 0.15) is 12.8 Å². The van der Waals surface area contributed by atoms with Gasteiger partial charge in [-0.1, -0.05) is 18.2 Å². The van der Waals surface area contributed by atoms with Crippen molar-refractivity contribution in [1.82, 2.24) is 15.0 Å². The number of para-hydroxylation sites is 1. The van der Waals surface area contributed by atoms with Crippen LogP contribution >= 0.6 is 0 Å². The Morgan fingerprint density at radius 3 is 2.53 bits per heavy atom. The molecule has 0 saturated carbocycles. The molecule has 3 saturated heterocycles. The zero-order valence-electron chi connectivity index (χ0n) is 16.9. The number of rotatable bonds is 4. The molecule has 0 unspecified atom stereocenters. The van der Waals surface area contributed by atoms with Crippen molar-refractivity contribution in [2.24, 2.45) is 5.41 Å². The van der Waals surface area contributed by atoms with Crippen LogP contribution in [0.3, 0.4) is 0 Å². The summed E-state index contributed by atoms with van der Waals surface area (Å²) in [4.78, 5) is 18.5. The third-order valence-electron chi connectivity index (χ3n) is 6.44. The molecule has 3 aliphatic heterocycles. The van der Waals surface area contributed by atoms with Crippen LogP contribution in [0.5, 0.6) is 5.88 Å². The molecular weight excluding hydrogens is 378 g/mol. The Morgan fingerprint density at radius 1 is 0.933 bits per heavy atom. The molecule has 6 rings (SSSR count). The van der Waals surface area contributed by atoms with Crippen molar-refractivity contribution in [2.45, 2.75) is 18.9 Å². The largest absolute Gasteiger partial charge is 0.472 e. The first kappa shape index (κ1) is 17.9. The molecule has 0 bridgehead atoms. The van der Waals surface area contributed by atoms with Crippen LogP contribution in [0.2, 0.25) is 0 Å². The second-order valence-corrected chi connectivity index (χ2v) is 8.70. The van der Waals surface area contributed by atoms with Crippen LogP contribution in [-0.2, 0) is 4.74 Å². The zero-order chi connectivity index (χ0) is 20.0. The van der Waals surface area contributed by atoms with E-state index in [1.807, 2.05) is 12.1 Å². The molecule has 1 aromatic carbocycles. The summed E-state index contributed by atoms with van der Waals surface area (Å²) in [7, 11) is 0. The standard InChI is InChI=1S/C23H25N5O2/c1-2-4-19-17(3-1)5-6-20(26-19)27-11-7-18(8-12-27)30-22-21(24-9-10-25-22)28-13-23(14-28)15-29-16-23/h1-6,9-10,18H,7-8,11-16H2. The predicted molar refractivity (Wildman–Crippen MR) is 115 cm³/mol. The average Bonchev–Trinajstić information content (AvgIpc) is 2.73. The number of aromatic nitrogens is 3. The van der Waals surface area contributed by atoms with E-state index in [1.54, 1.807) is 12.4 Å². The molecule has 0 N–H and O–H groups in total. The third kappa shape index (κ3) is 3.13. The van der Waals surface area contributed by atoms with Gasteiger partial charge in [0.25, 0.3) is 5.88 Å². The molecule has 154 valence electrons. The van der Waals surface area contributed by atoms with Crippen molar-refractivity contribution >= 4 is 22.5 Å². The van der Waals surface area contributed by atoms with Gasteiger partial charge in [-0.25, -0.2) is 15.0 Å². The normalized spacial score (nSPS) is 20.8. The first-order valence-corrected chi connectivity index (χ1v) is 10.7. The molecule has 1 spiro atoms. The Kier molecular flexibility index (Phi) is 4.23. The first-order valence-electron chi connectivity index (χ1n) is 10.7. The Bertz CT molecular complexity index is 1050. The summed E-state index contributed by atoms with van der Waals surface area (Å²) in [5, 5.41) is 1.18. The van der Waals surface area contributed by atoms with Crippen LogP contribution in [-0.4, -0.2) is 60.4 Å². The average molecular weight is 403 g/mol. The summed E-state index contributed by atoms with van der Waals surface area (Å²) < 4.78 is 11.7. The maximum Gasteiger partial charge on any atom is 0.257 e. The fraction of sp³-hybridized carbons (Fsp3) is 0.435. The fourth-order valence-electron chi connectivity index (χ4n) is 4.70. The van der Waals surface area contributed by atoms with Crippen molar-refractivity contribution < 1.29 is 9.47 Å². The first-order chi connectivity index (χ1) is 14.8. The van der Waals surface area contributed by atoms with Crippen LogP contribution in [0, 0.1) is 5.41 Å². The van der Waals surface area contributed by atoms with Crippen molar-refractivity contribution in [3.63, 3.8) is 0 Å². The van der Waals surface area contributed by atoms with E-state index in [1.165, 1.54) is 5.39 Å². The summed E-state index contributed by atoms with van der Waals surface area (Å²) in [6.07, 6.45) is 5.51. The molecule has 0 aliphatic carbocycles. The maximum atomic E-state index is 6.32. The summed E-state index contributed by atoms with van der Waals surface area (Å²) in [5.41, 5.74) is 1.38. The number of piperidine rings is 1. The summed E-state index contributed by atoms with van der Waals surface area (Å²) in [6.45, 7) is 5.54. The zero-order valence-corrected chi connectivity index (χ0v) is 16.9. The number of pyridine rings is 1. The lowest BCUT2D eigenvalue weighted by molar-refractivity contribution is -0.127. The molecule has 3 aliphatic rings. The minimum atomic E-state index is 0.152. The maximum absolute atomic E-state index is 6.32. The van der Waals surface area contributed by atoms with E-state index in [4.69, 9.17) is 14.5 Å². The molecule has 0 atom stereocenters. The lowest BCUT2D eigenvalue weighted by Gasteiger charge is -2.55. The second kappa shape index (κ2) is 7.09. The van der Waals surface area contributed by atoms with Gasteiger partial charge in [-0.05, 0) is 18.2 Å². The molecule has 7 heteroatoms. The number of benzene rings is 1. The van der Waals surface area contributed by atoms with Gasteiger partial charge in [-0.2, -0.15) is 0 Å². The molecule has 5 heterocycles. The lowest BCUT2D eigenvalue weighted by atomic mass is 9.78. The van der Waals surface area contributed by atoms with Gasteiger partial charge in [-0.15, -0.1) is 0 Å². The summed E-state index contributed by atoms with van der Waals surface area (Å²) in [5.74, 6) is 2.57. The number of hydrogen-bond acceptors (Lipinski definition) is 7. The number of fused-ring (bicyclic) bond motifs is 1. The Labute approximate surface area is 175 Å². The monoisotopic (exact) mass is 403 g/mol. The minimum absolute atomic E-state index is 0.152. The molecule has 30 heavy (non-hydrogen) atoms. The SMILES string of the molecule is c1ccc2nc(N3CCC(Oc4nccnc4N4CC5(COC5)C4)CC3)ccc2c1. The van der Waals surface area contributed by atoms with E-state index in [0.29, 0.717) is 11.3 Å². The lowest BCUT2D eigenvalue weighted by Crippen LogP contribution is -2.66. The quantitative estimate of drug-likeness (QED) is 0.664. The smallest absolute Gasteiger partial charge is 0.257 e. The van der Waals surface area contributed by atoms with E-state index >= 15 is 0 Å². The minimum Gasteiger partial charge on any atom is -0.472 e. The van der Waals surface area contributed by atoms with Crippen LogP contribution in [0.15, 0.2) is 48.8 Å². The number of ether oxygens (including phenoxy) is 2. The number of hydrogen-bond donors (Lipinski definition) is 0. The number of nitrogens with zero attached hydrogens (tertiary/aromatic N) is 5. The number of anilines is 2. The van der Waals surface area contributed by atoms with E-state index in [0.717, 1.165) is 69.4 Å². The van der Waals surface area contributed by atoms with Crippen molar-refractivity contribution in [1.29, 1.82) is 0 Å².